The van der Waals surface area contributed by atoms with E-state index in [4.69, 9.17) is 5.73 Å². The molecule has 1 fully saturated rings. The fourth-order valence-corrected chi connectivity index (χ4v) is 4.67. The van der Waals surface area contributed by atoms with Crippen molar-refractivity contribution in [3.8, 4) is 11.1 Å². The first-order valence-corrected chi connectivity index (χ1v) is 12.3. The molecule has 1 aromatic heterocycles. The Morgan fingerprint density at radius 3 is 2.33 bits per heavy atom. The van der Waals surface area contributed by atoms with Crippen LogP contribution in [0.5, 0.6) is 0 Å². The minimum Gasteiger partial charge on any atom is -0.369 e. The molecule has 0 radical (unpaired) electrons. The summed E-state index contributed by atoms with van der Waals surface area (Å²) in [7, 11) is 2.16. The molecule has 0 unspecified atom stereocenters. The molecule has 3 N–H and O–H groups in total. The van der Waals surface area contributed by atoms with Gasteiger partial charge in [-0.05, 0) is 66.1 Å². The molecule has 182 valence electrons. The van der Waals surface area contributed by atoms with Crippen LogP contribution < -0.4 is 16.0 Å². The Morgan fingerprint density at radius 1 is 0.917 bits per heavy atom. The van der Waals surface area contributed by atoms with E-state index in [2.05, 4.69) is 69.6 Å². The van der Waals surface area contributed by atoms with Gasteiger partial charge in [-0.1, -0.05) is 54.6 Å². The maximum Gasteiger partial charge on any atom is 0.269 e. The van der Waals surface area contributed by atoms with Gasteiger partial charge < -0.3 is 20.9 Å². The number of benzene rings is 3. The second-order valence-corrected chi connectivity index (χ2v) is 9.27. The molecular weight excluding hydrogens is 446 g/mol. The lowest BCUT2D eigenvalue weighted by Crippen LogP contribution is -2.44. The third kappa shape index (κ3) is 5.39. The zero-order valence-corrected chi connectivity index (χ0v) is 20.5. The van der Waals surface area contributed by atoms with Gasteiger partial charge in [0, 0.05) is 43.8 Å². The largest absolute Gasteiger partial charge is 0.369 e. The van der Waals surface area contributed by atoms with E-state index in [1.165, 1.54) is 22.4 Å². The van der Waals surface area contributed by atoms with E-state index >= 15 is 0 Å². The third-order valence-electron chi connectivity index (χ3n) is 6.69. The monoisotopic (exact) mass is 477 g/mol. The van der Waals surface area contributed by atoms with Crippen LogP contribution in [0.1, 0.15) is 21.6 Å². The molecule has 3 aromatic carbocycles. The quantitative estimate of drug-likeness (QED) is 0.395. The van der Waals surface area contributed by atoms with E-state index in [9.17, 15) is 4.79 Å². The van der Waals surface area contributed by atoms with Gasteiger partial charge in [-0.2, -0.15) is 0 Å². The molecule has 0 spiro atoms. The number of pyridine rings is 1. The predicted octanol–water partition coefficient (Wildman–Crippen LogP) is 4.93. The summed E-state index contributed by atoms with van der Waals surface area (Å²) in [6.07, 6.45) is 2.43. The summed E-state index contributed by atoms with van der Waals surface area (Å²) >= 11 is 0. The SMILES string of the molecule is CN1CCN(c2ccc(Nc3cc(Cc4ccccc4-c4ccccc4)cnc3C(N)=O)cc2)CC1. The van der Waals surface area contributed by atoms with Gasteiger partial charge >= 0.3 is 0 Å². The van der Waals surface area contributed by atoms with Crippen LogP contribution in [0.15, 0.2) is 91.1 Å². The van der Waals surface area contributed by atoms with E-state index in [1.54, 1.807) is 6.20 Å². The lowest BCUT2D eigenvalue weighted by molar-refractivity contribution is 0.0996. The highest BCUT2D eigenvalue weighted by molar-refractivity contribution is 5.97. The lowest BCUT2D eigenvalue weighted by atomic mass is 9.95. The summed E-state index contributed by atoms with van der Waals surface area (Å²) in [5.41, 5.74) is 13.1. The molecule has 4 aromatic rings. The highest BCUT2D eigenvalue weighted by Gasteiger charge is 2.16. The van der Waals surface area contributed by atoms with E-state index in [0.717, 1.165) is 37.4 Å². The van der Waals surface area contributed by atoms with Gasteiger partial charge in [0.2, 0.25) is 0 Å². The number of nitrogens with two attached hydrogens (primary N) is 1. The van der Waals surface area contributed by atoms with E-state index in [-0.39, 0.29) is 5.69 Å². The Labute approximate surface area is 212 Å². The van der Waals surface area contributed by atoms with Crippen molar-refractivity contribution in [1.29, 1.82) is 0 Å². The van der Waals surface area contributed by atoms with Crippen LogP contribution in [-0.2, 0) is 6.42 Å². The van der Waals surface area contributed by atoms with Crippen molar-refractivity contribution in [1.82, 2.24) is 9.88 Å². The Balaban J connectivity index is 1.38. The number of amides is 1. The second kappa shape index (κ2) is 10.6. The highest BCUT2D eigenvalue weighted by Crippen LogP contribution is 2.28. The fourth-order valence-electron chi connectivity index (χ4n) is 4.67. The number of likely N-dealkylation sites (N-methyl/N-ethyl adjacent to an activating group) is 1. The maximum atomic E-state index is 12.1. The number of piperazine rings is 1. The molecule has 0 saturated carbocycles. The first-order chi connectivity index (χ1) is 17.6. The van der Waals surface area contributed by atoms with Gasteiger partial charge in [0.25, 0.3) is 5.91 Å². The van der Waals surface area contributed by atoms with E-state index in [1.807, 2.05) is 42.5 Å². The summed E-state index contributed by atoms with van der Waals surface area (Å²) in [6, 6.07) is 29.0. The molecule has 36 heavy (non-hydrogen) atoms. The van der Waals surface area contributed by atoms with Crippen LogP contribution in [0.25, 0.3) is 11.1 Å². The van der Waals surface area contributed by atoms with Gasteiger partial charge in [0.05, 0.1) is 5.69 Å². The first-order valence-electron chi connectivity index (χ1n) is 12.3. The Kier molecular flexibility index (Phi) is 6.96. The molecule has 0 aliphatic carbocycles. The number of primary amides is 1. The van der Waals surface area contributed by atoms with Crippen LogP contribution in [0.4, 0.5) is 17.1 Å². The molecule has 0 bridgehead atoms. The number of aromatic nitrogens is 1. The van der Waals surface area contributed by atoms with Crippen LogP contribution in [0.2, 0.25) is 0 Å². The Bertz CT molecular complexity index is 1330. The standard InChI is InChI=1S/C30H31N5O/c1-34-15-17-35(18-16-34)26-13-11-25(12-14-26)33-28-20-22(21-32-29(28)30(31)36)19-24-9-5-6-10-27(24)23-7-3-2-4-8-23/h2-14,20-21,33H,15-19H2,1H3,(H2,31,36). The van der Waals surface area contributed by atoms with Crippen molar-refractivity contribution in [3.05, 3.63) is 108 Å². The number of carbonyl (C=O) groups excluding carboxylic acids is 1. The first kappa shape index (κ1) is 23.6. The van der Waals surface area contributed by atoms with Crippen molar-refractivity contribution in [3.63, 3.8) is 0 Å². The minimum absolute atomic E-state index is 0.234. The third-order valence-corrected chi connectivity index (χ3v) is 6.69. The molecule has 6 heteroatoms. The van der Waals surface area contributed by atoms with Crippen molar-refractivity contribution >= 4 is 23.0 Å². The van der Waals surface area contributed by atoms with E-state index in [0.29, 0.717) is 12.1 Å². The zero-order chi connectivity index (χ0) is 24.9. The van der Waals surface area contributed by atoms with Gasteiger partial charge in [0.1, 0.15) is 0 Å². The summed E-state index contributed by atoms with van der Waals surface area (Å²) in [6.45, 7) is 4.17. The van der Waals surface area contributed by atoms with Crippen molar-refractivity contribution < 1.29 is 4.79 Å². The fraction of sp³-hybridized carbons (Fsp3) is 0.200. The number of anilines is 3. The number of carbonyl (C=O) groups is 1. The molecule has 1 saturated heterocycles. The minimum atomic E-state index is -0.553. The zero-order valence-electron chi connectivity index (χ0n) is 20.5. The van der Waals surface area contributed by atoms with Crippen LogP contribution in [-0.4, -0.2) is 49.0 Å². The number of nitrogens with one attached hydrogen (secondary N) is 1. The van der Waals surface area contributed by atoms with Gasteiger partial charge in [-0.25, -0.2) is 4.98 Å². The summed E-state index contributed by atoms with van der Waals surface area (Å²) < 4.78 is 0. The average molecular weight is 478 g/mol. The molecule has 1 aliphatic heterocycles. The van der Waals surface area contributed by atoms with Crippen molar-refractivity contribution in [2.75, 3.05) is 43.4 Å². The topological polar surface area (TPSA) is 74.5 Å². The van der Waals surface area contributed by atoms with Crippen molar-refractivity contribution in [2.45, 2.75) is 6.42 Å². The lowest BCUT2D eigenvalue weighted by Gasteiger charge is -2.34. The van der Waals surface area contributed by atoms with Gasteiger partial charge in [-0.15, -0.1) is 0 Å². The molecule has 1 amide bonds. The average Bonchev–Trinajstić information content (AvgIpc) is 2.90. The molecule has 1 aliphatic rings. The smallest absolute Gasteiger partial charge is 0.269 e. The van der Waals surface area contributed by atoms with Crippen molar-refractivity contribution in [2.24, 2.45) is 5.73 Å². The molecule has 5 rings (SSSR count). The predicted molar refractivity (Wildman–Crippen MR) is 147 cm³/mol. The van der Waals surface area contributed by atoms with Gasteiger partial charge in [-0.3, -0.25) is 4.79 Å². The van der Waals surface area contributed by atoms with E-state index < -0.39 is 5.91 Å². The van der Waals surface area contributed by atoms with Crippen LogP contribution >= 0.6 is 0 Å². The maximum absolute atomic E-state index is 12.1. The molecule has 2 heterocycles. The van der Waals surface area contributed by atoms with Gasteiger partial charge in [0.15, 0.2) is 5.69 Å². The van der Waals surface area contributed by atoms with Crippen LogP contribution in [0, 0.1) is 0 Å². The Hall–Kier alpha value is -4.16. The van der Waals surface area contributed by atoms with Crippen LogP contribution in [0.3, 0.4) is 0 Å². The summed E-state index contributed by atoms with van der Waals surface area (Å²) in [4.78, 5) is 21.3. The summed E-state index contributed by atoms with van der Waals surface area (Å²) in [5.74, 6) is -0.553. The molecular formula is C30H31N5O. The number of nitrogens with zero attached hydrogens (tertiary/aromatic N) is 3. The number of hydrogen-bond acceptors (Lipinski definition) is 5. The number of rotatable bonds is 7. The number of hydrogen-bond donors (Lipinski definition) is 2. The second-order valence-electron chi connectivity index (χ2n) is 9.27. The highest BCUT2D eigenvalue weighted by atomic mass is 16.1. The molecule has 0 atom stereocenters. The normalized spacial score (nSPS) is 14.0. The molecule has 6 nitrogen and oxygen atoms in total. The summed E-state index contributed by atoms with van der Waals surface area (Å²) in [5, 5.41) is 3.37. The Morgan fingerprint density at radius 2 is 1.61 bits per heavy atom.